The van der Waals surface area contributed by atoms with Gasteiger partial charge in [-0.25, -0.2) is 4.39 Å². The number of hydrogen-bond acceptors (Lipinski definition) is 3. The van der Waals surface area contributed by atoms with Crippen LogP contribution in [0, 0.1) is 23.1 Å². The van der Waals surface area contributed by atoms with Crippen LogP contribution in [-0.2, 0) is 11.3 Å². The van der Waals surface area contributed by atoms with Crippen LogP contribution in [0.15, 0.2) is 72.9 Å². The van der Waals surface area contributed by atoms with Crippen LogP contribution in [-0.4, -0.2) is 26.6 Å². The SMILES string of the molecule is O=C(CC1CC2(C1)CC(C(=O)O)C2)c1ccc(F)c2cnn(Cc3ccc(-c4ccccc4)cc3)c12. The number of carboxylic acids is 1. The Kier molecular flexibility index (Phi) is 5.47. The second-order valence-corrected chi connectivity index (χ2v) is 10.6. The highest BCUT2D eigenvalue weighted by atomic mass is 19.1. The maximum Gasteiger partial charge on any atom is 0.306 e. The summed E-state index contributed by atoms with van der Waals surface area (Å²) in [5.41, 5.74) is 4.44. The summed E-state index contributed by atoms with van der Waals surface area (Å²) in [4.78, 5) is 24.4. The molecule has 2 fully saturated rings. The average molecular weight is 483 g/mol. The Morgan fingerprint density at radius 1 is 0.944 bits per heavy atom. The first-order chi connectivity index (χ1) is 17.4. The van der Waals surface area contributed by atoms with E-state index in [1.807, 2.05) is 30.3 Å². The lowest BCUT2D eigenvalue weighted by atomic mass is 9.47. The molecule has 0 amide bonds. The number of carbonyl (C=O) groups is 2. The van der Waals surface area contributed by atoms with Crippen molar-refractivity contribution in [3.8, 4) is 11.1 Å². The van der Waals surface area contributed by atoms with E-state index >= 15 is 0 Å². The highest BCUT2D eigenvalue weighted by Crippen LogP contribution is 2.62. The molecule has 6 heteroatoms. The molecule has 2 aliphatic carbocycles. The second kappa shape index (κ2) is 8.70. The number of fused-ring (bicyclic) bond motifs is 1. The second-order valence-electron chi connectivity index (χ2n) is 10.6. The van der Waals surface area contributed by atoms with Gasteiger partial charge in [0.2, 0.25) is 0 Å². The first kappa shape index (κ1) is 22.7. The van der Waals surface area contributed by atoms with Crippen LogP contribution in [0.25, 0.3) is 22.0 Å². The number of ketones is 1. The van der Waals surface area contributed by atoms with Crippen LogP contribution in [0.5, 0.6) is 0 Å². The number of hydrogen-bond donors (Lipinski definition) is 1. The van der Waals surface area contributed by atoms with Gasteiger partial charge in [0.15, 0.2) is 5.78 Å². The van der Waals surface area contributed by atoms with Crippen LogP contribution in [0.4, 0.5) is 4.39 Å². The first-order valence-corrected chi connectivity index (χ1v) is 12.5. The molecular weight excluding hydrogens is 455 g/mol. The highest BCUT2D eigenvalue weighted by molar-refractivity contribution is 6.07. The van der Waals surface area contributed by atoms with Gasteiger partial charge in [-0.2, -0.15) is 5.10 Å². The van der Waals surface area contributed by atoms with Gasteiger partial charge in [0.1, 0.15) is 5.82 Å². The maximum atomic E-state index is 14.6. The standard InChI is InChI=1S/C30H27FN2O3/c31-26-11-10-24(27(34)12-20-13-30(14-20)15-23(16-30)29(35)36)28-25(26)17-32-33(28)18-19-6-8-22(9-7-19)21-4-2-1-3-5-21/h1-11,17,20,23H,12-16,18H2,(H,35,36). The molecule has 0 saturated heterocycles. The van der Waals surface area contributed by atoms with Crippen molar-refractivity contribution in [2.45, 2.75) is 38.6 Å². The highest BCUT2D eigenvalue weighted by Gasteiger charge is 2.54. The number of nitrogens with zero attached hydrogens (tertiary/aromatic N) is 2. The van der Waals surface area contributed by atoms with Crippen molar-refractivity contribution in [3.63, 3.8) is 0 Å². The minimum Gasteiger partial charge on any atom is -0.481 e. The van der Waals surface area contributed by atoms with E-state index in [0.29, 0.717) is 29.4 Å². The molecule has 0 atom stereocenters. The van der Waals surface area contributed by atoms with E-state index in [4.69, 9.17) is 5.11 Å². The Hall–Kier alpha value is -3.80. The third-order valence-corrected chi connectivity index (χ3v) is 8.07. The summed E-state index contributed by atoms with van der Waals surface area (Å²) in [7, 11) is 0. The largest absolute Gasteiger partial charge is 0.481 e. The zero-order valence-corrected chi connectivity index (χ0v) is 19.9. The predicted molar refractivity (Wildman–Crippen MR) is 135 cm³/mol. The zero-order valence-electron chi connectivity index (χ0n) is 19.9. The Labute approximate surface area is 208 Å². The molecule has 2 aliphatic rings. The molecule has 1 N–H and O–H groups in total. The smallest absolute Gasteiger partial charge is 0.306 e. The van der Waals surface area contributed by atoms with Crippen LogP contribution in [0.1, 0.15) is 48.0 Å². The van der Waals surface area contributed by atoms with Crippen LogP contribution < -0.4 is 0 Å². The van der Waals surface area contributed by atoms with E-state index in [1.165, 1.54) is 12.3 Å². The fraction of sp³-hybridized carbons (Fsp3) is 0.300. The minimum absolute atomic E-state index is 0.00451. The fourth-order valence-corrected chi connectivity index (χ4v) is 6.30. The fourth-order valence-electron chi connectivity index (χ4n) is 6.30. The Bertz CT molecular complexity index is 1450. The molecular formula is C30H27FN2O3. The Balaban J connectivity index is 1.19. The van der Waals surface area contributed by atoms with Crippen molar-refractivity contribution in [2.24, 2.45) is 17.3 Å². The molecule has 0 radical (unpaired) electrons. The van der Waals surface area contributed by atoms with Gasteiger partial charge in [-0.1, -0.05) is 54.6 Å². The monoisotopic (exact) mass is 482 g/mol. The van der Waals surface area contributed by atoms with Gasteiger partial charge < -0.3 is 5.11 Å². The minimum atomic E-state index is -0.711. The number of carboxylic acid groups (broad SMARTS) is 1. The van der Waals surface area contributed by atoms with Crippen molar-refractivity contribution in [3.05, 3.63) is 89.9 Å². The third kappa shape index (κ3) is 4.00. The quantitative estimate of drug-likeness (QED) is 0.311. The van der Waals surface area contributed by atoms with Gasteiger partial charge >= 0.3 is 5.97 Å². The lowest BCUT2D eigenvalue weighted by Gasteiger charge is -2.56. The van der Waals surface area contributed by atoms with Crippen molar-refractivity contribution in [1.82, 2.24) is 9.78 Å². The number of carbonyl (C=O) groups excluding carboxylic acids is 1. The summed E-state index contributed by atoms with van der Waals surface area (Å²) in [6, 6.07) is 21.3. The normalized spacial score (nSPS) is 22.8. The Morgan fingerprint density at radius 2 is 1.64 bits per heavy atom. The van der Waals surface area contributed by atoms with Crippen molar-refractivity contribution >= 4 is 22.7 Å². The summed E-state index contributed by atoms with van der Waals surface area (Å²) in [6.45, 7) is 0.436. The number of halogens is 1. The molecule has 182 valence electrons. The number of aromatic nitrogens is 2. The topological polar surface area (TPSA) is 72.2 Å². The molecule has 6 rings (SSSR count). The van der Waals surface area contributed by atoms with E-state index < -0.39 is 5.97 Å². The summed E-state index contributed by atoms with van der Waals surface area (Å²) >= 11 is 0. The summed E-state index contributed by atoms with van der Waals surface area (Å²) in [5.74, 6) is -1.07. The van der Waals surface area contributed by atoms with E-state index in [1.54, 1.807) is 10.7 Å². The number of Topliss-reactive ketones (excluding diaryl/α,β-unsaturated/α-hetero) is 1. The van der Waals surface area contributed by atoms with E-state index in [-0.39, 0.29) is 28.9 Å². The molecule has 5 nitrogen and oxygen atoms in total. The number of aliphatic carboxylic acids is 1. The van der Waals surface area contributed by atoms with Crippen LogP contribution in [0.3, 0.4) is 0 Å². The molecule has 0 bridgehead atoms. The lowest BCUT2D eigenvalue weighted by Crippen LogP contribution is -2.50. The maximum absolute atomic E-state index is 14.6. The average Bonchev–Trinajstić information content (AvgIpc) is 3.25. The molecule has 1 heterocycles. The van der Waals surface area contributed by atoms with Gasteiger partial charge in [0.05, 0.1) is 29.6 Å². The molecule has 2 saturated carbocycles. The van der Waals surface area contributed by atoms with Crippen molar-refractivity contribution in [1.29, 1.82) is 0 Å². The van der Waals surface area contributed by atoms with Crippen molar-refractivity contribution in [2.75, 3.05) is 0 Å². The summed E-state index contributed by atoms with van der Waals surface area (Å²) in [5, 5.41) is 13.9. The van der Waals surface area contributed by atoms with Gasteiger partial charge in [-0.15, -0.1) is 0 Å². The lowest BCUT2D eigenvalue weighted by molar-refractivity contribution is -0.157. The van der Waals surface area contributed by atoms with Gasteiger partial charge in [-0.3, -0.25) is 14.3 Å². The predicted octanol–water partition coefficient (Wildman–Crippen LogP) is 6.35. The molecule has 3 aromatic carbocycles. The molecule has 4 aromatic rings. The van der Waals surface area contributed by atoms with E-state index in [0.717, 1.165) is 42.4 Å². The first-order valence-electron chi connectivity index (χ1n) is 12.5. The van der Waals surface area contributed by atoms with Gasteiger partial charge in [0.25, 0.3) is 0 Å². The molecule has 36 heavy (non-hydrogen) atoms. The number of benzene rings is 3. The molecule has 0 aliphatic heterocycles. The van der Waals surface area contributed by atoms with Crippen molar-refractivity contribution < 1.29 is 19.1 Å². The zero-order chi connectivity index (χ0) is 24.9. The summed E-state index contributed by atoms with van der Waals surface area (Å²) < 4.78 is 16.3. The van der Waals surface area contributed by atoms with Gasteiger partial charge in [-0.05, 0) is 65.8 Å². The van der Waals surface area contributed by atoms with E-state index in [2.05, 4.69) is 29.4 Å². The molecule has 1 aromatic heterocycles. The number of rotatable bonds is 7. The molecule has 0 unspecified atom stereocenters. The molecule has 1 spiro atoms. The van der Waals surface area contributed by atoms with E-state index in [9.17, 15) is 14.0 Å². The third-order valence-electron chi connectivity index (χ3n) is 8.07. The van der Waals surface area contributed by atoms with Gasteiger partial charge in [0, 0.05) is 12.0 Å². The van der Waals surface area contributed by atoms with Crippen LogP contribution in [0.2, 0.25) is 0 Å². The summed E-state index contributed by atoms with van der Waals surface area (Å²) in [6.07, 6.45) is 5.16. The Morgan fingerprint density at radius 3 is 2.33 bits per heavy atom. The van der Waals surface area contributed by atoms with Crippen LogP contribution >= 0.6 is 0 Å².